The molecule has 0 aliphatic carbocycles. The Morgan fingerprint density at radius 1 is 1.09 bits per heavy atom. The van der Waals surface area contributed by atoms with Gasteiger partial charge in [-0.1, -0.05) is 6.07 Å². The molecule has 0 aliphatic heterocycles. The molecule has 3 aromatic rings. The number of anilines is 1. The maximum Gasteiger partial charge on any atom is 0.225 e. The first-order chi connectivity index (χ1) is 15.4. The van der Waals surface area contributed by atoms with Gasteiger partial charge in [0.2, 0.25) is 11.8 Å². The van der Waals surface area contributed by atoms with Gasteiger partial charge in [-0.05, 0) is 58.6 Å². The molecule has 3 aromatic heterocycles. The largest absolute Gasteiger partial charge is 0.475 e. The zero-order chi connectivity index (χ0) is 22.9. The summed E-state index contributed by atoms with van der Waals surface area (Å²) in [7, 11) is 4.07. The summed E-state index contributed by atoms with van der Waals surface area (Å²) in [5, 5.41) is 3.30. The first kappa shape index (κ1) is 24.1. The van der Waals surface area contributed by atoms with Gasteiger partial charge in [0.15, 0.2) is 0 Å². The topological polar surface area (TPSA) is 76.3 Å². The van der Waals surface area contributed by atoms with Crippen LogP contribution in [0.25, 0.3) is 0 Å². The first-order valence-electron chi connectivity index (χ1n) is 10.9. The maximum absolute atomic E-state index is 5.96. The van der Waals surface area contributed by atoms with E-state index in [-0.39, 0.29) is 6.10 Å². The third-order valence-corrected chi connectivity index (χ3v) is 5.48. The summed E-state index contributed by atoms with van der Waals surface area (Å²) in [6, 6.07) is 8.19. The molecule has 7 nitrogen and oxygen atoms in total. The number of aromatic nitrogens is 3. The molecular formula is C24H33N5O2S. The van der Waals surface area contributed by atoms with E-state index in [0.29, 0.717) is 18.2 Å². The van der Waals surface area contributed by atoms with Crippen molar-refractivity contribution in [1.82, 2.24) is 19.9 Å². The number of hydrogen-bond donors (Lipinski definition) is 1. The van der Waals surface area contributed by atoms with Crippen LogP contribution in [0.4, 0.5) is 5.95 Å². The van der Waals surface area contributed by atoms with Crippen LogP contribution in [0.5, 0.6) is 5.88 Å². The highest BCUT2D eigenvalue weighted by Gasteiger charge is 2.12. The molecule has 0 atom stereocenters. The SMILES string of the molecule is Cc1ccc(Cc2cnc(NCCSCc3ccc(CN(C)C)o3)nc2OC(C)C)cn1. The molecule has 0 saturated carbocycles. The normalized spacial score (nSPS) is 11.3. The van der Waals surface area contributed by atoms with Crippen LogP contribution < -0.4 is 10.1 Å². The number of pyridine rings is 1. The van der Waals surface area contributed by atoms with Gasteiger partial charge in [-0.15, -0.1) is 0 Å². The van der Waals surface area contributed by atoms with Gasteiger partial charge in [-0.25, -0.2) is 4.98 Å². The molecule has 0 aliphatic rings. The fourth-order valence-electron chi connectivity index (χ4n) is 3.05. The van der Waals surface area contributed by atoms with Crippen LogP contribution in [0.3, 0.4) is 0 Å². The van der Waals surface area contributed by atoms with E-state index in [1.54, 1.807) is 0 Å². The van der Waals surface area contributed by atoms with E-state index >= 15 is 0 Å². The second-order valence-electron chi connectivity index (χ2n) is 8.26. The number of nitrogens with one attached hydrogen (secondary N) is 1. The average Bonchev–Trinajstić information content (AvgIpc) is 3.17. The number of ether oxygens (including phenoxy) is 1. The van der Waals surface area contributed by atoms with E-state index in [2.05, 4.69) is 37.3 Å². The van der Waals surface area contributed by atoms with E-state index in [1.165, 1.54) is 0 Å². The molecular weight excluding hydrogens is 422 g/mol. The minimum absolute atomic E-state index is 0.0360. The zero-order valence-corrected chi connectivity index (χ0v) is 20.4. The highest BCUT2D eigenvalue weighted by Crippen LogP contribution is 2.22. The van der Waals surface area contributed by atoms with Gasteiger partial charge in [0, 0.05) is 42.4 Å². The molecule has 8 heteroatoms. The minimum Gasteiger partial charge on any atom is -0.475 e. The summed E-state index contributed by atoms with van der Waals surface area (Å²) in [4.78, 5) is 15.6. The first-order valence-corrected chi connectivity index (χ1v) is 12.0. The molecule has 0 spiro atoms. The summed E-state index contributed by atoms with van der Waals surface area (Å²) >= 11 is 1.82. The molecule has 0 radical (unpaired) electrons. The summed E-state index contributed by atoms with van der Waals surface area (Å²) in [6.45, 7) is 7.57. The van der Waals surface area contributed by atoms with E-state index in [9.17, 15) is 0 Å². The Morgan fingerprint density at radius 3 is 2.62 bits per heavy atom. The fourth-order valence-corrected chi connectivity index (χ4v) is 3.80. The summed E-state index contributed by atoms with van der Waals surface area (Å²) in [5.74, 6) is 4.97. The molecule has 32 heavy (non-hydrogen) atoms. The Hall–Kier alpha value is -2.58. The monoisotopic (exact) mass is 455 g/mol. The number of hydrogen-bond acceptors (Lipinski definition) is 8. The molecule has 0 bridgehead atoms. The quantitative estimate of drug-likeness (QED) is 0.398. The van der Waals surface area contributed by atoms with Gasteiger partial charge < -0.3 is 19.4 Å². The predicted octanol–water partition coefficient (Wildman–Crippen LogP) is 4.56. The Kier molecular flexibility index (Phi) is 8.93. The van der Waals surface area contributed by atoms with E-state index in [4.69, 9.17) is 9.15 Å². The summed E-state index contributed by atoms with van der Waals surface area (Å²) in [6.07, 6.45) is 4.45. The smallest absolute Gasteiger partial charge is 0.225 e. The molecule has 0 fully saturated rings. The Morgan fingerprint density at radius 2 is 1.91 bits per heavy atom. The number of nitrogens with zero attached hydrogens (tertiary/aromatic N) is 4. The van der Waals surface area contributed by atoms with Gasteiger partial charge in [0.25, 0.3) is 0 Å². The number of furan rings is 1. The Bertz CT molecular complexity index is 973. The number of thioether (sulfide) groups is 1. The second-order valence-corrected chi connectivity index (χ2v) is 9.37. The van der Waals surface area contributed by atoms with Crippen LogP contribution in [-0.4, -0.2) is 52.3 Å². The Balaban J connectivity index is 1.51. The van der Waals surface area contributed by atoms with Crippen molar-refractivity contribution >= 4 is 17.7 Å². The predicted molar refractivity (Wildman–Crippen MR) is 130 cm³/mol. The lowest BCUT2D eigenvalue weighted by molar-refractivity contribution is 0.230. The van der Waals surface area contributed by atoms with Crippen molar-refractivity contribution in [3.8, 4) is 5.88 Å². The fraction of sp³-hybridized carbons (Fsp3) is 0.458. The van der Waals surface area contributed by atoms with Crippen molar-refractivity contribution in [3.05, 3.63) is 65.0 Å². The molecule has 0 saturated heterocycles. The molecule has 0 unspecified atom stereocenters. The molecule has 3 rings (SSSR count). The molecule has 0 aromatic carbocycles. The van der Waals surface area contributed by atoms with Crippen molar-refractivity contribution in [2.45, 2.75) is 45.6 Å². The molecule has 1 N–H and O–H groups in total. The third kappa shape index (κ3) is 7.84. The van der Waals surface area contributed by atoms with Gasteiger partial charge in [0.05, 0.1) is 18.4 Å². The standard InChI is InChI=1S/C24H33N5O2S/c1-17(2)30-23-20(12-19-7-6-18(3)26-13-19)14-27-24(28-23)25-10-11-32-16-22-9-8-21(31-22)15-29(4)5/h6-9,13-14,17H,10-12,15-16H2,1-5H3,(H,25,27,28). The lowest BCUT2D eigenvalue weighted by Crippen LogP contribution is -2.13. The molecule has 0 amide bonds. The maximum atomic E-state index is 5.96. The molecule has 3 heterocycles. The van der Waals surface area contributed by atoms with Gasteiger partial charge in [-0.3, -0.25) is 4.98 Å². The second kappa shape index (κ2) is 11.9. The van der Waals surface area contributed by atoms with Gasteiger partial charge >= 0.3 is 0 Å². The van der Waals surface area contributed by atoms with Crippen LogP contribution >= 0.6 is 11.8 Å². The lowest BCUT2D eigenvalue weighted by atomic mass is 10.1. The number of rotatable bonds is 12. The highest BCUT2D eigenvalue weighted by molar-refractivity contribution is 7.98. The van der Waals surface area contributed by atoms with Crippen molar-refractivity contribution in [2.75, 3.05) is 31.7 Å². The average molecular weight is 456 g/mol. The Labute approximate surface area is 195 Å². The van der Waals surface area contributed by atoms with Gasteiger partial charge in [0.1, 0.15) is 11.5 Å². The zero-order valence-electron chi connectivity index (χ0n) is 19.6. The van der Waals surface area contributed by atoms with Crippen LogP contribution in [-0.2, 0) is 18.7 Å². The van der Waals surface area contributed by atoms with Crippen LogP contribution in [0.2, 0.25) is 0 Å². The molecule has 172 valence electrons. The van der Waals surface area contributed by atoms with E-state index < -0.39 is 0 Å². The highest BCUT2D eigenvalue weighted by atomic mass is 32.2. The van der Waals surface area contributed by atoms with Crippen LogP contribution in [0, 0.1) is 6.92 Å². The van der Waals surface area contributed by atoms with Crippen molar-refractivity contribution < 1.29 is 9.15 Å². The van der Waals surface area contributed by atoms with Crippen molar-refractivity contribution in [2.24, 2.45) is 0 Å². The van der Waals surface area contributed by atoms with Crippen LogP contribution in [0.1, 0.15) is 42.2 Å². The third-order valence-electron chi connectivity index (χ3n) is 4.50. The summed E-state index contributed by atoms with van der Waals surface area (Å²) < 4.78 is 11.8. The van der Waals surface area contributed by atoms with Gasteiger partial charge in [-0.2, -0.15) is 16.7 Å². The number of aryl methyl sites for hydroxylation is 1. The lowest BCUT2D eigenvalue weighted by Gasteiger charge is -2.14. The van der Waals surface area contributed by atoms with E-state index in [0.717, 1.165) is 52.9 Å². The summed E-state index contributed by atoms with van der Waals surface area (Å²) in [5.41, 5.74) is 3.06. The van der Waals surface area contributed by atoms with Crippen LogP contribution in [0.15, 0.2) is 41.1 Å². The van der Waals surface area contributed by atoms with Crippen molar-refractivity contribution in [1.29, 1.82) is 0 Å². The van der Waals surface area contributed by atoms with Crippen molar-refractivity contribution in [3.63, 3.8) is 0 Å². The van der Waals surface area contributed by atoms with E-state index in [1.807, 2.05) is 71.2 Å². The minimum atomic E-state index is 0.0360.